The van der Waals surface area contributed by atoms with Gasteiger partial charge in [0.1, 0.15) is 10.6 Å². The highest BCUT2D eigenvalue weighted by Gasteiger charge is 2.14. The summed E-state index contributed by atoms with van der Waals surface area (Å²) in [6.45, 7) is 1.16. The van der Waals surface area contributed by atoms with Gasteiger partial charge in [0.05, 0.1) is 18.5 Å². The van der Waals surface area contributed by atoms with Crippen molar-refractivity contribution >= 4 is 39.2 Å². The molecule has 0 aliphatic carbocycles. The van der Waals surface area contributed by atoms with Gasteiger partial charge in [0.2, 0.25) is 11.9 Å². The lowest BCUT2D eigenvalue weighted by Gasteiger charge is -2.19. The number of nitrogens with one attached hydrogen (secondary N) is 2. The number of likely N-dealkylation sites (N-methyl/N-ethyl adjacent to an activating group) is 1. The Morgan fingerprint density at radius 3 is 3.05 bits per heavy atom. The van der Waals surface area contributed by atoms with E-state index in [1.54, 1.807) is 19.1 Å². The molecule has 2 rings (SSSR count). The summed E-state index contributed by atoms with van der Waals surface area (Å²) in [5.41, 5.74) is 2.44. The fraction of sp³-hybridized carbons (Fsp3) is 0.417. The molecule has 2 aromatic rings. The van der Waals surface area contributed by atoms with E-state index >= 15 is 0 Å². The second-order valence-corrected chi connectivity index (χ2v) is 5.25. The zero-order chi connectivity index (χ0) is 15.2. The molecule has 0 unspecified atom stereocenters. The summed E-state index contributed by atoms with van der Waals surface area (Å²) in [7, 11) is 3.39. The molecular formula is C12H18N6O2S. The summed E-state index contributed by atoms with van der Waals surface area (Å²) in [6.07, 6.45) is 0. The Hall–Kier alpha value is -1.97. The molecular weight excluding hydrogens is 292 g/mol. The lowest BCUT2D eigenvalue weighted by molar-refractivity contribution is -0.119. The Labute approximate surface area is 126 Å². The van der Waals surface area contributed by atoms with Crippen molar-refractivity contribution in [2.45, 2.75) is 0 Å². The van der Waals surface area contributed by atoms with Crippen molar-refractivity contribution in [2.75, 3.05) is 44.2 Å². The van der Waals surface area contributed by atoms with Crippen molar-refractivity contribution in [3.8, 4) is 0 Å². The van der Waals surface area contributed by atoms with Crippen molar-refractivity contribution in [2.24, 2.45) is 5.84 Å². The quantitative estimate of drug-likeness (QED) is 0.380. The van der Waals surface area contributed by atoms with Gasteiger partial charge in [-0.1, -0.05) is 0 Å². The van der Waals surface area contributed by atoms with Gasteiger partial charge in [0.15, 0.2) is 0 Å². The number of methoxy groups -OCH3 is 1. The van der Waals surface area contributed by atoms with Crippen LogP contribution in [0.2, 0.25) is 0 Å². The van der Waals surface area contributed by atoms with Gasteiger partial charge < -0.3 is 15.0 Å². The highest BCUT2D eigenvalue weighted by atomic mass is 32.1. The number of nitrogens with two attached hydrogens (primary N) is 1. The normalized spacial score (nSPS) is 10.6. The van der Waals surface area contributed by atoms with Gasteiger partial charge >= 0.3 is 0 Å². The zero-order valence-electron chi connectivity index (χ0n) is 11.9. The van der Waals surface area contributed by atoms with Gasteiger partial charge in [-0.05, 0) is 11.4 Å². The Balaban J connectivity index is 2.13. The molecule has 8 nitrogen and oxygen atoms in total. The molecule has 114 valence electrons. The highest BCUT2D eigenvalue weighted by Crippen LogP contribution is 2.28. The maximum absolute atomic E-state index is 11.8. The number of ether oxygens (including phenoxy) is 1. The van der Waals surface area contributed by atoms with Crippen LogP contribution >= 0.6 is 11.3 Å². The number of carbonyl (C=O) groups excluding carboxylic acids is 1. The van der Waals surface area contributed by atoms with Crippen molar-refractivity contribution in [3.63, 3.8) is 0 Å². The molecule has 0 aromatic carbocycles. The van der Waals surface area contributed by atoms with E-state index in [1.807, 2.05) is 11.4 Å². The number of anilines is 2. The molecule has 0 saturated carbocycles. The minimum absolute atomic E-state index is 0.0983. The molecule has 0 saturated heterocycles. The number of nitrogens with zero attached hydrogens (tertiary/aromatic N) is 3. The number of nitrogen functional groups attached to an aromatic ring is 1. The summed E-state index contributed by atoms with van der Waals surface area (Å²) in [5.74, 6) is 6.27. The predicted octanol–water partition coefficient (Wildman–Crippen LogP) is 0.176. The van der Waals surface area contributed by atoms with Gasteiger partial charge in [-0.25, -0.2) is 10.8 Å². The van der Waals surface area contributed by atoms with Crippen LogP contribution in [0.3, 0.4) is 0 Å². The lowest BCUT2D eigenvalue weighted by Crippen LogP contribution is -2.37. The maximum Gasteiger partial charge on any atom is 0.240 e. The van der Waals surface area contributed by atoms with Crippen LogP contribution in [0.1, 0.15) is 0 Å². The number of hydrogen-bond acceptors (Lipinski definition) is 8. The van der Waals surface area contributed by atoms with Gasteiger partial charge in [-0.15, -0.1) is 11.3 Å². The van der Waals surface area contributed by atoms with E-state index in [0.29, 0.717) is 24.9 Å². The molecule has 0 bridgehead atoms. The van der Waals surface area contributed by atoms with Crippen LogP contribution in [0.25, 0.3) is 10.2 Å². The monoisotopic (exact) mass is 310 g/mol. The van der Waals surface area contributed by atoms with Crippen LogP contribution in [0.4, 0.5) is 11.8 Å². The highest BCUT2D eigenvalue weighted by molar-refractivity contribution is 7.16. The second-order valence-electron chi connectivity index (χ2n) is 4.35. The summed E-state index contributed by atoms with van der Waals surface area (Å²) < 4.78 is 4.89. The van der Waals surface area contributed by atoms with Gasteiger partial charge in [0.25, 0.3) is 0 Å². The number of carbonyl (C=O) groups is 1. The van der Waals surface area contributed by atoms with E-state index in [-0.39, 0.29) is 12.5 Å². The first-order chi connectivity index (χ1) is 10.2. The fourth-order valence-electron chi connectivity index (χ4n) is 1.83. The van der Waals surface area contributed by atoms with Crippen LogP contribution in [0.15, 0.2) is 11.4 Å². The van der Waals surface area contributed by atoms with Gasteiger partial charge in [-0.2, -0.15) is 4.98 Å². The number of hydrazine groups is 1. The van der Waals surface area contributed by atoms with E-state index in [4.69, 9.17) is 10.6 Å². The van der Waals surface area contributed by atoms with Crippen LogP contribution in [-0.2, 0) is 9.53 Å². The molecule has 21 heavy (non-hydrogen) atoms. The van der Waals surface area contributed by atoms with E-state index in [9.17, 15) is 4.79 Å². The van der Waals surface area contributed by atoms with Crippen molar-refractivity contribution in [3.05, 3.63) is 11.4 Å². The van der Waals surface area contributed by atoms with Crippen LogP contribution < -0.4 is 21.5 Å². The van der Waals surface area contributed by atoms with Crippen LogP contribution in [-0.4, -0.2) is 49.7 Å². The third-order valence-electron chi connectivity index (χ3n) is 2.80. The second kappa shape index (κ2) is 7.16. The summed E-state index contributed by atoms with van der Waals surface area (Å²) in [6, 6.07) is 1.93. The van der Waals surface area contributed by atoms with E-state index in [2.05, 4.69) is 20.7 Å². The summed E-state index contributed by atoms with van der Waals surface area (Å²) >= 11 is 1.49. The van der Waals surface area contributed by atoms with E-state index < -0.39 is 0 Å². The summed E-state index contributed by atoms with van der Waals surface area (Å²) in [4.78, 5) is 23.0. The number of aromatic nitrogens is 2. The van der Waals surface area contributed by atoms with Crippen molar-refractivity contribution < 1.29 is 9.53 Å². The smallest absolute Gasteiger partial charge is 0.240 e. The average Bonchev–Trinajstić information content (AvgIpc) is 2.94. The molecule has 0 atom stereocenters. The topological polar surface area (TPSA) is 105 Å². The Morgan fingerprint density at radius 1 is 1.52 bits per heavy atom. The zero-order valence-corrected chi connectivity index (χ0v) is 12.7. The number of rotatable bonds is 7. The van der Waals surface area contributed by atoms with Gasteiger partial charge in [0, 0.05) is 20.7 Å². The Bertz CT molecular complexity index is 617. The summed E-state index contributed by atoms with van der Waals surface area (Å²) in [5, 5.41) is 5.59. The first-order valence-electron chi connectivity index (χ1n) is 6.34. The third kappa shape index (κ3) is 3.78. The molecule has 9 heteroatoms. The maximum atomic E-state index is 11.8. The third-order valence-corrected chi connectivity index (χ3v) is 3.61. The molecule has 0 aliphatic heterocycles. The molecule has 2 aromatic heterocycles. The first kappa shape index (κ1) is 15.4. The molecule has 0 fully saturated rings. The van der Waals surface area contributed by atoms with Crippen molar-refractivity contribution in [1.82, 2.24) is 15.3 Å². The Kier molecular flexibility index (Phi) is 5.26. The number of thiophene rings is 1. The van der Waals surface area contributed by atoms with Crippen LogP contribution in [0, 0.1) is 0 Å². The molecule has 1 amide bonds. The molecule has 0 radical (unpaired) electrons. The van der Waals surface area contributed by atoms with E-state index in [1.165, 1.54) is 11.3 Å². The lowest BCUT2D eigenvalue weighted by atomic mass is 10.3. The molecule has 0 aliphatic rings. The first-order valence-corrected chi connectivity index (χ1v) is 7.22. The fourth-order valence-corrected chi connectivity index (χ4v) is 2.59. The van der Waals surface area contributed by atoms with Crippen molar-refractivity contribution in [1.29, 1.82) is 0 Å². The van der Waals surface area contributed by atoms with Gasteiger partial charge in [-0.3, -0.25) is 10.2 Å². The molecule has 2 heterocycles. The number of hydrogen-bond donors (Lipinski definition) is 3. The Morgan fingerprint density at radius 2 is 2.33 bits per heavy atom. The predicted molar refractivity (Wildman–Crippen MR) is 83.4 cm³/mol. The number of fused-ring (bicyclic) bond motifs is 1. The molecule has 4 N–H and O–H groups in total. The minimum Gasteiger partial charge on any atom is -0.383 e. The average molecular weight is 310 g/mol. The molecule has 0 spiro atoms. The number of amides is 1. The minimum atomic E-state index is -0.0983. The van der Waals surface area contributed by atoms with Crippen LogP contribution in [0.5, 0.6) is 0 Å². The largest absolute Gasteiger partial charge is 0.383 e. The standard InChI is InChI=1S/C12H18N6O2S/c1-18(7-9(19)14-4-5-20-2)10-8-3-6-21-11(8)16-12(15-10)17-13/h3,6H,4-5,7,13H2,1-2H3,(H,14,19)(H,15,16,17). The van der Waals surface area contributed by atoms with E-state index in [0.717, 1.165) is 10.2 Å². The SMILES string of the molecule is COCCNC(=O)CN(C)c1nc(NN)nc2sccc12.